The van der Waals surface area contributed by atoms with Gasteiger partial charge in [-0.05, 0) is 68.3 Å². The van der Waals surface area contributed by atoms with Crippen molar-refractivity contribution in [1.82, 2.24) is 0 Å². The number of methoxy groups -OCH3 is 1. The van der Waals surface area contributed by atoms with Crippen molar-refractivity contribution in [2.45, 2.75) is 33.0 Å². The van der Waals surface area contributed by atoms with Crippen molar-refractivity contribution in [2.75, 3.05) is 7.11 Å². The molecule has 0 unspecified atom stereocenters. The quantitative estimate of drug-likeness (QED) is 0.768. The Bertz CT molecular complexity index is 834. The topological polar surface area (TPSA) is 44.8 Å². The number of benzene rings is 2. The van der Waals surface area contributed by atoms with Crippen LogP contribution < -0.4 is 9.47 Å². The van der Waals surface area contributed by atoms with E-state index in [1.807, 2.05) is 57.2 Å². The Morgan fingerprint density at radius 1 is 1.16 bits per heavy atom. The van der Waals surface area contributed by atoms with E-state index in [0.29, 0.717) is 5.56 Å². The summed E-state index contributed by atoms with van der Waals surface area (Å²) in [5.74, 6) is 1.24. The summed E-state index contributed by atoms with van der Waals surface area (Å²) >= 11 is 0. The summed E-state index contributed by atoms with van der Waals surface area (Å²) < 4.78 is 16.5. The Morgan fingerprint density at radius 3 is 2.68 bits per heavy atom. The van der Waals surface area contributed by atoms with Gasteiger partial charge in [0.1, 0.15) is 23.7 Å². The smallest absolute Gasteiger partial charge is 0.338 e. The first-order valence-electron chi connectivity index (χ1n) is 8.21. The van der Waals surface area contributed by atoms with E-state index >= 15 is 0 Å². The minimum Gasteiger partial charge on any atom is -0.496 e. The molecule has 0 atom stereocenters. The predicted molar refractivity (Wildman–Crippen MR) is 97.0 cm³/mol. The fraction of sp³-hybridized carbons (Fsp3) is 0.286. The van der Waals surface area contributed by atoms with Gasteiger partial charge < -0.3 is 14.2 Å². The SMILES string of the molecule is COc1ccc(COC(=O)c2ccc3c(c2)C=CC(C)(C)O3)cc1C. The van der Waals surface area contributed by atoms with Crippen LogP contribution in [0, 0.1) is 6.92 Å². The monoisotopic (exact) mass is 338 g/mol. The lowest BCUT2D eigenvalue weighted by atomic mass is 10.0. The zero-order chi connectivity index (χ0) is 18.0. The first-order chi connectivity index (χ1) is 11.9. The molecule has 0 N–H and O–H groups in total. The second-order valence-corrected chi connectivity index (χ2v) is 6.67. The lowest BCUT2D eigenvalue weighted by Crippen LogP contribution is -2.27. The highest BCUT2D eigenvalue weighted by molar-refractivity contribution is 5.90. The van der Waals surface area contributed by atoms with Crippen LogP contribution in [0.15, 0.2) is 42.5 Å². The molecule has 0 aliphatic carbocycles. The number of hydrogen-bond acceptors (Lipinski definition) is 4. The average Bonchev–Trinajstić information content (AvgIpc) is 2.58. The third-order valence-electron chi connectivity index (χ3n) is 4.11. The van der Waals surface area contributed by atoms with E-state index in [1.165, 1.54) is 0 Å². The van der Waals surface area contributed by atoms with Crippen LogP contribution in [0.3, 0.4) is 0 Å². The molecule has 0 bridgehead atoms. The molecule has 4 nitrogen and oxygen atoms in total. The normalized spacial score (nSPS) is 14.4. The molecule has 0 aromatic heterocycles. The molecule has 0 spiro atoms. The molecule has 130 valence electrons. The van der Waals surface area contributed by atoms with E-state index in [-0.39, 0.29) is 18.2 Å². The molecule has 0 radical (unpaired) electrons. The van der Waals surface area contributed by atoms with Crippen molar-refractivity contribution in [3.8, 4) is 11.5 Å². The molecule has 1 aliphatic heterocycles. The summed E-state index contributed by atoms with van der Waals surface area (Å²) in [5, 5.41) is 0. The van der Waals surface area contributed by atoms with Crippen LogP contribution >= 0.6 is 0 Å². The van der Waals surface area contributed by atoms with Gasteiger partial charge in [-0.15, -0.1) is 0 Å². The Labute approximate surface area is 148 Å². The van der Waals surface area contributed by atoms with Crippen molar-refractivity contribution in [3.05, 3.63) is 64.7 Å². The maximum atomic E-state index is 12.3. The van der Waals surface area contributed by atoms with Gasteiger partial charge in [0.2, 0.25) is 0 Å². The second-order valence-electron chi connectivity index (χ2n) is 6.67. The first-order valence-corrected chi connectivity index (χ1v) is 8.21. The van der Waals surface area contributed by atoms with Gasteiger partial charge in [-0.1, -0.05) is 12.1 Å². The Hall–Kier alpha value is -2.75. The van der Waals surface area contributed by atoms with Gasteiger partial charge in [-0.25, -0.2) is 4.79 Å². The summed E-state index contributed by atoms with van der Waals surface area (Å²) in [5.41, 5.74) is 3.00. The van der Waals surface area contributed by atoms with Crippen molar-refractivity contribution in [1.29, 1.82) is 0 Å². The minimum absolute atomic E-state index is 0.222. The minimum atomic E-state index is -0.352. The van der Waals surface area contributed by atoms with E-state index in [1.54, 1.807) is 19.2 Å². The lowest BCUT2D eigenvalue weighted by molar-refractivity contribution is 0.0472. The Morgan fingerprint density at radius 2 is 1.96 bits per heavy atom. The molecule has 2 aromatic carbocycles. The second kappa shape index (κ2) is 6.63. The molecule has 2 aromatic rings. The van der Waals surface area contributed by atoms with Crippen molar-refractivity contribution >= 4 is 12.0 Å². The molecule has 0 fully saturated rings. The molecular weight excluding hydrogens is 316 g/mol. The van der Waals surface area contributed by atoms with E-state index in [9.17, 15) is 4.79 Å². The molecule has 4 heteroatoms. The van der Waals surface area contributed by atoms with Crippen LogP contribution in [0.4, 0.5) is 0 Å². The average molecular weight is 338 g/mol. The maximum absolute atomic E-state index is 12.3. The highest BCUT2D eigenvalue weighted by atomic mass is 16.5. The first kappa shape index (κ1) is 17.1. The number of hydrogen-bond donors (Lipinski definition) is 0. The van der Waals surface area contributed by atoms with E-state index in [0.717, 1.165) is 28.2 Å². The van der Waals surface area contributed by atoms with Crippen LogP contribution in [0.25, 0.3) is 6.08 Å². The number of fused-ring (bicyclic) bond motifs is 1. The van der Waals surface area contributed by atoms with Crippen LogP contribution in [0.2, 0.25) is 0 Å². The molecule has 0 amide bonds. The lowest BCUT2D eigenvalue weighted by Gasteiger charge is -2.27. The van der Waals surface area contributed by atoms with Crippen LogP contribution in [0.1, 0.15) is 40.9 Å². The summed E-state index contributed by atoms with van der Waals surface area (Å²) in [6.45, 7) is 6.17. The largest absolute Gasteiger partial charge is 0.496 e. The van der Waals surface area contributed by atoms with Gasteiger partial charge in [0.05, 0.1) is 12.7 Å². The Kier molecular flexibility index (Phi) is 4.53. The summed E-state index contributed by atoms with van der Waals surface area (Å²) in [6.07, 6.45) is 3.95. The molecule has 3 rings (SSSR count). The van der Waals surface area contributed by atoms with E-state index in [2.05, 4.69) is 0 Å². The van der Waals surface area contributed by atoms with Crippen LogP contribution in [0.5, 0.6) is 11.5 Å². The third kappa shape index (κ3) is 3.85. The fourth-order valence-corrected chi connectivity index (χ4v) is 2.77. The van der Waals surface area contributed by atoms with E-state index in [4.69, 9.17) is 14.2 Å². The molecule has 1 heterocycles. The van der Waals surface area contributed by atoms with Gasteiger partial charge >= 0.3 is 5.97 Å². The standard InChI is InChI=1S/C21H22O4/c1-14-11-15(5-7-18(14)23-4)13-24-20(22)17-6-8-19-16(12-17)9-10-21(2,3)25-19/h5-12H,13H2,1-4H3. The van der Waals surface area contributed by atoms with Gasteiger partial charge in [0.15, 0.2) is 0 Å². The van der Waals surface area contributed by atoms with E-state index < -0.39 is 0 Å². The van der Waals surface area contributed by atoms with Crippen molar-refractivity contribution in [3.63, 3.8) is 0 Å². The number of esters is 1. The van der Waals surface area contributed by atoms with Gasteiger partial charge in [0.25, 0.3) is 0 Å². The van der Waals surface area contributed by atoms with Crippen molar-refractivity contribution < 1.29 is 19.0 Å². The van der Waals surface area contributed by atoms with Gasteiger partial charge in [-0.3, -0.25) is 0 Å². The zero-order valence-corrected chi connectivity index (χ0v) is 15.0. The number of ether oxygens (including phenoxy) is 3. The highest BCUT2D eigenvalue weighted by Crippen LogP contribution is 2.31. The molecule has 0 saturated heterocycles. The number of carbonyl (C=O) groups excluding carboxylic acids is 1. The molecule has 1 aliphatic rings. The molecule has 0 saturated carbocycles. The van der Waals surface area contributed by atoms with Gasteiger partial charge in [0, 0.05) is 5.56 Å². The zero-order valence-electron chi connectivity index (χ0n) is 15.0. The number of rotatable bonds is 4. The number of aryl methyl sites for hydroxylation is 1. The maximum Gasteiger partial charge on any atom is 0.338 e. The molecule has 25 heavy (non-hydrogen) atoms. The van der Waals surface area contributed by atoms with Crippen LogP contribution in [-0.2, 0) is 11.3 Å². The van der Waals surface area contributed by atoms with Crippen LogP contribution in [-0.4, -0.2) is 18.7 Å². The fourth-order valence-electron chi connectivity index (χ4n) is 2.77. The van der Waals surface area contributed by atoms with Crippen molar-refractivity contribution in [2.24, 2.45) is 0 Å². The third-order valence-corrected chi connectivity index (χ3v) is 4.11. The van der Waals surface area contributed by atoms with Gasteiger partial charge in [-0.2, -0.15) is 0 Å². The molecular formula is C21H22O4. The summed E-state index contributed by atoms with van der Waals surface area (Å²) in [7, 11) is 1.64. The summed E-state index contributed by atoms with van der Waals surface area (Å²) in [6, 6.07) is 11.1. The predicted octanol–water partition coefficient (Wildman–Crippen LogP) is 4.54. The highest BCUT2D eigenvalue weighted by Gasteiger charge is 2.22. The summed E-state index contributed by atoms with van der Waals surface area (Å²) in [4.78, 5) is 12.3. The Balaban J connectivity index is 1.69. The number of carbonyl (C=O) groups is 1.